The van der Waals surface area contributed by atoms with E-state index in [1.807, 2.05) is 0 Å². The van der Waals surface area contributed by atoms with Crippen LogP contribution in [-0.4, -0.2) is 23.7 Å². The highest BCUT2D eigenvalue weighted by Crippen LogP contribution is 2.23. The van der Waals surface area contributed by atoms with Gasteiger partial charge in [0.15, 0.2) is 6.29 Å². The van der Waals surface area contributed by atoms with Gasteiger partial charge in [-0.05, 0) is 6.07 Å². The van der Waals surface area contributed by atoms with E-state index in [0.717, 1.165) is 6.07 Å². The Bertz CT molecular complexity index is 486. The van der Waals surface area contributed by atoms with Crippen LogP contribution in [0.4, 0.5) is 5.69 Å². The maximum atomic E-state index is 10.8. The van der Waals surface area contributed by atoms with Crippen molar-refractivity contribution >= 4 is 17.9 Å². The van der Waals surface area contributed by atoms with Crippen molar-refractivity contribution in [2.45, 2.75) is 6.92 Å². The van der Waals surface area contributed by atoms with Gasteiger partial charge in [-0.3, -0.25) is 19.7 Å². The van der Waals surface area contributed by atoms with Crippen LogP contribution in [0.2, 0.25) is 0 Å². The number of hydrogen-bond donors (Lipinski definition) is 1. The summed E-state index contributed by atoms with van der Waals surface area (Å²) in [7, 11) is 0. The third-order valence-corrected chi connectivity index (χ3v) is 2.31. The number of nitrogens with zero attached hydrogens (tertiary/aromatic N) is 1. The first kappa shape index (κ1) is 13.6. The fourth-order valence-corrected chi connectivity index (χ4v) is 1.17. The fraction of sp³-hybridized carbons (Fsp3) is 0.273. The lowest BCUT2D eigenvalue weighted by atomic mass is 10.1. The molecule has 1 amide bonds. The number of amides is 1. The van der Waals surface area contributed by atoms with Crippen LogP contribution in [0.25, 0.3) is 0 Å². The van der Waals surface area contributed by atoms with E-state index in [-0.39, 0.29) is 23.6 Å². The van der Waals surface area contributed by atoms with E-state index >= 15 is 0 Å². The molecule has 2 N–H and O–H groups in total. The van der Waals surface area contributed by atoms with Crippen molar-refractivity contribution in [3.63, 3.8) is 0 Å². The summed E-state index contributed by atoms with van der Waals surface area (Å²) < 4.78 is 5.23. The predicted octanol–water partition coefficient (Wildman–Crippen LogP) is 0.907. The molecule has 0 saturated heterocycles. The summed E-state index contributed by atoms with van der Waals surface area (Å²) in [5, 5.41) is 10.5. The molecule has 0 aromatic heterocycles. The van der Waals surface area contributed by atoms with Crippen LogP contribution in [-0.2, 0) is 4.79 Å². The quantitative estimate of drug-likeness (QED) is 0.459. The third kappa shape index (κ3) is 3.27. The molecule has 1 aromatic rings. The van der Waals surface area contributed by atoms with Crippen LogP contribution in [0.15, 0.2) is 18.2 Å². The molecule has 7 nitrogen and oxygen atoms in total. The molecule has 0 aliphatic rings. The number of non-ortho nitro benzene ring substituents is 1. The molecule has 0 heterocycles. The molecule has 1 unspecified atom stereocenters. The first-order chi connectivity index (χ1) is 8.45. The van der Waals surface area contributed by atoms with Gasteiger partial charge in [-0.1, -0.05) is 6.92 Å². The Hall–Kier alpha value is -2.44. The van der Waals surface area contributed by atoms with Gasteiger partial charge < -0.3 is 10.5 Å². The number of nitro groups is 1. The molecule has 96 valence electrons. The topological polar surface area (TPSA) is 113 Å². The van der Waals surface area contributed by atoms with E-state index in [1.54, 1.807) is 6.92 Å². The van der Waals surface area contributed by atoms with Crippen molar-refractivity contribution in [2.75, 3.05) is 6.61 Å². The molecule has 0 fully saturated rings. The van der Waals surface area contributed by atoms with Gasteiger partial charge in [0.1, 0.15) is 5.75 Å². The molecule has 0 aliphatic carbocycles. The summed E-state index contributed by atoms with van der Waals surface area (Å²) in [5.74, 6) is -0.854. The predicted molar refractivity (Wildman–Crippen MR) is 62.3 cm³/mol. The smallest absolute Gasteiger partial charge is 0.270 e. The van der Waals surface area contributed by atoms with Crippen molar-refractivity contribution in [3.05, 3.63) is 33.9 Å². The number of benzene rings is 1. The number of aldehydes is 1. The van der Waals surface area contributed by atoms with E-state index in [4.69, 9.17) is 10.5 Å². The van der Waals surface area contributed by atoms with Crippen molar-refractivity contribution in [3.8, 4) is 5.75 Å². The van der Waals surface area contributed by atoms with Crippen LogP contribution < -0.4 is 10.5 Å². The number of nitrogens with two attached hydrogens (primary N) is 1. The number of hydrogen-bond acceptors (Lipinski definition) is 5. The second kappa shape index (κ2) is 5.76. The Labute approximate surface area is 103 Å². The Morgan fingerprint density at radius 2 is 2.28 bits per heavy atom. The Morgan fingerprint density at radius 3 is 2.78 bits per heavy atom. The van der Waals surface area contributed by atoms with E-state index < -0.39 is 16.7 Å². The van der Waals surface area contributed by atoms with Gasteiger partial charge in [0.25, 0.3) is 5.69 Å². The molecule has 7 heteroatoms. The maximum Gasteiger partial charge on any atom is 0.270 e. The monoisotopic (exact) mass is 252 g/mol. The van der Waals surface area contributed by atoms with E-state index in [9.17, 15) is 19.7 Å². The molecule has 1 atom stereocenters. The molecule has 0 spiro atoms. The van der Waals surface area contributed by atoms with E-state index in [2.05, 4.69) is 0 Å². The van der Waals surface area contributed by atoms with Gasteiger partial charge in [0.2, 0.25) is 5.91 Å². The van der Waals surface area contributed by atoms with Gasteiger partial charge in [-0.15, -0.1) is 0 Å². The Balaban J connectivity index is 2.86. The summed E-state index contributed by atoms with van der Waals surface area (Å²) in [6.07, 6.45) is 0.456. The highest BCUT2D eigenvalue weighted by atomic mass is 16.6. The van der Waals surface area contributed by atoms with E-state index in [1.165, 1.54) is 12.1 Å². The van der Waals surface area contributed by atoms with Gasteiger partial charge >= 0.3 is 0 Å². The zero-order valence-corrected chi connectivity index (χ0v) is 9.66. The minimum Gasteiger partial charge on any atom is -0.492 e. The van der Waals surface area contributed by atoms with Crippen LogP contribution >= 0.6 is 0 Å². The molecular weight excluding hydrogens is 240 g/mol. The van der Waals surface area contributed by atoms with Crippen LogP contribution in [0.1, 0.15) is 17.3 Å². The minimum absolute atomic E-state index is 0.00792. The molecule has 0 bridgehead atoms. The number of rotatable bonds is 6. The fourth-order valence-electron chi connectivity index (χ4n) is 1.17. The van der Waals surface area contributed by atoms with Crippen LogP contribution in [0.3, 0.4) is 0 Å². The van der Waals surface area contributed by atoms with Crippen molar-refractivity contribution in [1.29, 1.82) is 0 Å². The molecule has 18 heavy (non-hydrogen) atoms. The highest BCUT2D eigenvalue weighted by molar-refractivity contribution is 5.80. The standard InChI is InChI=1S/C11H12N2O5/c1-7(11(12)15)6-18-10-3-2-9(13(16)17)4-8(10)5-14/h2-5,7H,6H2,1H3,(H2,12,15). The largest absolute Gasteiger partial charge is 0.492 e. The lowest BCUT2D eigenvalue weighted by Crippen LogP contribution is -2.25. The van der Waals surface area contributed by atoms with E-state index in [0.29, 0.717) is 6.29 Å². The zero-order chi connectivity index (χ0) is 13.7. The van der Waals surface area contributed by atoms with Crippen molar-refractivity contribution in [1.82, 2.24) is 0 Å². The normalized spacial score (nSPS) is 11.6. The second-order valence-electron chi connectivity index (χ2n) is 3.71. The lowest BCUT2D eigenvalue weighted by molar-refractivity contribution is -0.384. The summed E-state index contributed by atoms with van der Waals surface area (Å²) in [6, 6.07) is 3.64. The number of primary amides is 1. The molecule has 1 rings (SSSR count). The zero-order valence-electron chi connectivity index (χ0n) is 9.66. The minimum atomic E-state index is -0.608. The third-order valence-electron chi connectivity index (χ3n) is 2.31. The number of carbonyl (C=O) groups excluding carboxylic acids is 2. The molecule has 0 radical (unpaired) electrons. The van der Waals surface area contributed by atoms with Gasteiger partial charge in [0.05, 0.1) is 23.0 Å². The first-order valence-electron chi connectivity index (χ1n) is 5.11. The van der Waals surface area contributed by atoms with Crippen molar-refractivity contribution in [2.24, 2.45) is 11.7 Å². The number of ether oxygens (including phenoxy) is 1. The highest BCUT2D eigenvalue weighted by Gasteiger charge is 2.14. The molecule has 0 saturated carbocycles. The average Bonchev–Trinajstić information content (AvgIpc) is 2.35. The van der Waals surface area contributed by atoms with Gasteiger partial charge in [-0.25, -0.2) is 0 Å². The van der Waals surface area contributed by atoms with Gasteiger partial charge in [0, 0.05) is 12.1 Å². The first-order valence-corrected chi connectivity index (χ1v) is 5.11. The van der Waals surface area contributed by atoms with Crippen LogP contribution in [0.5, 0.6) is 5.75 Å². The molecule has 1 aromatic carbocycles. The van der Waals surface area contributed by atoms with Crippen molar-refractivity contribution < 1.29 is 19.2 Å². The Kier molecular flexibility index (Phi) is 4.36. The summed E-state index contributed by atoms with van der Waals surface area (Å²) >= 11 is 0. The van der Waals surface area contributed by atoms with Gasteiger partial charge in [-0.2, -0.15) is 0 Å². The summed E-state index contributed by atoms with van der Waals surface area (Å²) in [4.78, 5) is 31.5. The lowest BCUT2D eigenvalue weighted by Gasteiger charge is -2.11. The summed E-state index contributed by atoms with van der Waals surface area (Å²) in [5.41, 5.74) is 4.91. The summed E-state index contributed by atoms with van der Waals surface area (Å²) in [6.45, 7) is 1.59. The second-order valence-corrected chi connectivity index (χ2v) is 3.71. The SMILES string of the molecule is CC(COc1ccc([N+](=O)[O-])cc1C=O)C(N)=O. The molecular formula is C11H12N2O5. The maximum absolute atomic E-state index is 10.8. The number of carbonyl (C=O) groups is 2. The average molecular weight is 252 g/mol. The number of nitro benzene ring substituents is 1. The van der Waals surface area contributed by atoms with Crippen LogP contribution in [0, 0.1) is 16.0 Å². The Morgan fingerprint density at radius 1 is 1.61 bits per heavy atom. The molecule has 0 aliphatic heterocycles.